The van der Waals surface area contributed by atoms with E-state index in [9.17, 15) is 8.42 Å². The van der Waals surface area contributed by atoms with E-state index in [0.717, 1.165) is 5.56 Å². The van der Waals surface area contributed by atoms with Crippen molar-refractivity contribution in [1.29, 1.82) is 0 Å². The first-order valence-corrected chi connectivity index (χ1v) is 11.1. The summed E-state index contributed by atoms with van der Waals surface area (Å²) in [5, 5.41) is 0.527. The third-order valence-corrected chi connectivity index (χ3v) is 7.71. The summed E-state index contributed by atoms with van der Waals surface area (Å²) in [6.45, 7) is 0.146. The number of aromatic nitrogens is 2. The van der Waals surface area contributed by atoms with E-state index in [4.69, 9.17) is 39.5 Å². The van der Waals surface area contributed by atoms with Gasteiger partial charge in [0.2, 0.25) is 0 Å². The van der Waals surface area contributed by atoms with Gasteiger partial charge in [-0.1, -0.05) is 46.9 Å². The normalized spacial score (nSPS) is 20.2. The lowest BCUT2D eigenvalue weighted by atomic mass is 10.0. The Bertz CT molecular complexity index is 1120. The maximum Gasteiger partial charge on any atom is 0.184 e. The standard InChI is InChI=1S/C19H15Cl3N2O3S/c20-12-2-1-11(15(22)7-12)10-27-19-14-4-3-13(21)8-16(14)28(25,26)17(19)9-18-23-5-6-24-18/h1-8,17,19H,9-10H2,(H,23,24). The molecule has 0 radical (unpaired) electrons. The van der Waals surface area contributed by atoms with E-state index in [0.29, 0.717) is 26.5 Å². The summed E-state index contributed by atoms with van der Waals surface area (Å²) >= 11 is 18.2. The van der Waals surface area contributed by atoms with Gasteiger partial charge in [-0.2, -0.15) is 0 Å². The molecule has 1 N–H and O–H groups in total. The van der Waals surface area contributed by atoms with Crippen LogP contribution in [-0.4, -0.2) is 23.6 Å². The van der Waals surface area contributed by atoms with Crippen LogP contribution in [-0.2, 0) is 27.6 Å². The van der Waals surface area contributed by atoms with Crippen LogP contribution < -0.4 is 0 Å². The number of halogens is 3. The van der Waals surface area contributed by atoms with Gasteiger partial charge in [-0.3, -0.25) is 0 Å². The molecule has 0 saturated heterocycles. The van der Waals surface area contributed by atoms with E-state index in [-0.39, 0.29) is 17.9 Å². The molecule has 146 valence electrons. The van der Waals surface area contributed by atoms with Gasteiger partial charge in [-0.05, 0) is 29.8 Å². The van der Waals surface area contributed by atoms with Gasteiger partial charge >= 0.3 is 0 Å². The largest absolute Gasteiger partial charge is 0.367 e. The van der Waals surface area contributed by atoms with Crippen molar-refractivity contribution >= 4 is 44.6 Å². The van der Waals surface area contributed by atoms with Crippen LogP contribution >= 0.6 is 34.8 Å². The first kappa shape index (κ1) is 19.7. The fraction of sp³-hybridized carbons (Fsp3) is 0.211. The second-order valence-corrected chi connectivity index (χ2v) is 9.89. The Hall–Kier alpha value is -1.57. The molecule has 4 rings (SSSR count). The summed E-state index contributed by atoms with van der Waals surface area (Å²) in [7, 11) is -3.64. The highest BCUT2D eigenvalue weighted by Gasteiger charge is 2.46. The quantitative estimate of drug-likeness (QED) is 0.583. The lowest BCUT2D eigenvalue weighted by Crippen LogP contribution is -2.26. The number of hydrogen-bond acceptors (Lipinski definition) is 4. The number of hydrogen-bond donors (Lipinski definition) is 1. The van der Waals surface area contributed by atoms with Crippen LogP contribution in [0.2, 0.25) is 15.1 Å². The molecular formula is C19H15Cl3N2O3S. The number of aromatic amines is 1. The highest BCUT2D eigenvalue weighted by Crippen LogP contribution is 2.44. The second kappa shape index (κ2) is 7.69. The van der Waals surface area contributed by atoms with Crippen LogP contribution in [0.1, 0.15) is 23.1 Å². The first-order valence-electron chi connectivity index (χ1n) is 8.43. The molecule has 0 aliphatic carbocycles. The molecule has 2 heterocycles. The highest BCUT2D eigenvalue weighted by molar-refractivity contribution is 7.92. The Balaban J connectivity index is 1.69. The van der Waals surface area contributed by atoms with Gasteiger partial charge in [-0.25, -0.2) is 13.4 Å². The highest BCUT2D eigenvalue weighted by atomic mass is 35.5. The van der Waals surface area contributed by atoms with Gasteiger partial charge in [0.15, 0.2) is 9.84 Å². The average molecular weight is 458 g/mol. The third-order valence-electron chi connectivity index (χ3n) is 4.71. The van der Waals surface area contributed by atoms with Crippen molar-refractivity contribution < 1.29 is 13.2 Å². The Labute approximate surface area is 177 Å². The zero-order chi connectivity index (χ0) is 19.9. The average Bonchev–Trinajstić information content (AvgIpc) is 3.22. The second-order valence-electron chi connectivity index (χ2n) is 6.47. The molecule has 3 aromatic rings. The number of sulfone groups is 1. The van der Waals surface area contributed by atoms with Crippen LogP contribution in [0.3, 0.4) is 0 Å². The van der Waals surface area contributed by atoms with Crippen molar-refractivity contribution in [3.63, 3.8) is 0 Å². The van der Waals surface area contributed by atoms with Crippen LogP contribution in [0, 0.1) is 0 Å². The van der Waals surface area contributed by atoms with E-state index in [1.54, 1.807) is 42.7 Å². The van der Waals surface area contributed by atoms with E-state index in [1.807, 2.05) is 0 Å². The molecule has 0 spiro atoms. The lowest BCUT2D eigenvalue weighted by molar-refractivity contribution is 0.0382. The van der Waals surface area contributed by atoms with Crippen LogP contribution in [0.4, 0.5) is 0 Å². The zero-order valence-electron chi connectivity index (χ0n) is 14.4. The van der Waals surface area contributed by atoms with Gasteiger partial charge in [0.1, 0.15) is 17.2 Å². The predicted octanol–water partition coefficient (Wildman–Crippen LogP) is 5.03. The van der Waals surface area contributed by atoms with E-state index in [2.05, 4.69) is 9.97 Å². The molecule has 5 nitrogen and oxygen atoms in total. The molecule has 2 unspecified atom stereocenters. The number of nitrogens with one attached hydrogen (secondary N) is 1. The molecule has 0 saturated carbocycles. The number of fused-ring (bicyclic) bond motifs is 1. The fourth-order valence-corrected chi connectivity index (χ4v) is 6.11. The number of rotatable bonds is 5. The maximum absolute atomic E-state index is 13.2. The van der Waals surface area contributed by atoms with E-state index >= 15 is 0 Å². The molecule has 1 aromatic heterocycles. The van der Waals surface area contributed by atoms with Gasteiger partial charge in [0.25, 0.3) is 0 Å². The fourth-order valence-electron chi connectivity index (χ4n) is 3.35. The molecule has 0 bridgehead atoms. The number of imidazole rings is 1. The molecule has 1 aliphatic rings. The third kappa shape index (κ3) is 3.67. The molecule has 28 heavy (non-hydrogen) atoms. The summed E-state index contributed by atoms with van der Waals surface area (Å²) < 4.78 is 32.4. The molecular weight excluding hydrogens is 443 g/mol. The Morgan fingerprint density at radius 1 is 1.07 bits per heavy atom. The summed E-state index contributed by atoms with van der Waals surface area (Å²) in [6, 6.07) is 9.94. The molecule has 0 amide bonds. The SMILES string of the molecule is O=S1(=O)c2cc(Cl)ccc2C(OCc2ccc(Cl)cc2Cl)C1Cc1ncc[nH]1. The van der Waals surface area contributed by atoms with E-state index in [1.165, 1.54) is 6.07 Å². The zero-order valence-corrected chi connectivity index (χ0v) is 17.5. The van der Waals surface area contributed by atoms with Gasteiger partial charge in [0, 0.05) is 39.4 Å². The van der Waals surface area contributed by atoms with Gasteiger partial charge in [0.05, 0.1) is 11.5 Å². The van der Waals surface area contributed by atoms with Crippen molar-refractivity contribution in [2.24, 2.45) is 0 Å². The minimum absolute atomic E-state index is 0.146. The summed E-state index contributed by atoms with van der Waals surface area (Å²) in [4.78, 5) is 7.32. The van der Waals surface area contributed by atoms with Gasteiger partial charge < -0.3 is 9.72 Å². The lowest BCUT2D eigenvalue weighted by Gasteiger charge is -2.20. The van der Waals surface area contributed by atoms with Crippen molar-refractivity contribution in [2.75, 3.05) is 0 Å². The van der Waals surface area contributed by atoms with Crippen molar-refractivity contribution in [3.05, 3.63) is 80.8 Å². The van der Waals surface area contributed by atoms with Crippen LogP contribution in [0.25, 0.3) is 0 Å². The summed E-state index contributed by atoms with van der Waals surface area (Å²) in [5.74, 6) is 0.575. The molecule has 1 aliphatic heterocycles. The Kier molecular flexibility index (Phi) is 5.42. The van der Waals surface area contributed by atoms with Crippen molar-refractivity contribution in [2.45, 2.75) is 29.3 Å². The maximum atomic E-state index is 13.2. The van der Waals surface area contributed by atoms with Crippen molar-refractivity contribution in [3.8, 4) is 0 Å². The summed E-state index contributed by atoms with van der Waals surface area (Å²) in [5.41, 5.74) is 1.31. The smallest absolute Gasteiger partial charge is 0.184 e. The minimum Gasteiger partial charge on any atom is -0.367 e. The van der Waals surface area contributed by atoms with Crippen molar-refractivity contribution in [1.82, 2.24) is 9.97 Å². The Morgan fingerprint density at radius 2 is 1.82 bits per heavy atom. The molecule has 2 aromatic carbocycles. The minimum atomic E-state index is -3.64. The van der Waals surface area contributed by atoms with E-state index < -0.39 is 21.2 Å². The predicted molar refractivity (Wildman–Crippen MR) is 109 cm³/mol. The topological polar surface area (TPSA) is 72.1 Å². The first-order chi connectivity index (χ1) is 13.4. The monoisotopic (exact) mass is 456 g/mol. The molecule has 2 atom stereocenters. The number of ether oxygens (including phenoxy) is 1. The number of benzene rings is 2. The molecule has 0 fully saturated rings. The Morgan fingerprint density at radius 3 is 2.54 bits per heavy atom. The van der Waals surface area contributed by atoms with Crippen LogP contribution in [0.5, 0.6) is 0 Å². The van der Waals surface area contributed by atoms with Gasteiger partial charge in [-0.15, -0.1) is 0 Å². The summed E-state index contributed by atoms with van der Waals surface area (Å²) in [6.07, 6.45) is 2.77. The number of nitrogens with zero attached hydrogens (tertiary/aromatic N) is 1. The molecule has 9 heteroatoms. The van der Waals surface area contributed by atoms with Crippen LogP contribution in [0.15, 0.2) is 53.7 Å². The number of H-pyrrole nitrogens is 1.